The van der Waals surface area contributed by atoms with Crippen LogP contribution in [0.4, 0.5) is 0 Å². The van der Waals surface area contributed by atoms with Crippen LogP contribution in [0, 0.1) is 0 Å². The zero-order chi connectivity index (χ0) is 15.5. The zero-order valence-electron chi connectivity index (χ0n) is 12.3. The van der Waals surface area contributed by atoms with Crippen molar-refractivity contribution in [2.75, 3.05) is 6.61 Å². The highest BCUT2D eigenvalue weighted by Crippen LogP contribution is 2.31. The molecule has 2 aromatic rings. The summed E-state index contributed by atoms with van der Waals surface area (Å²) in [6.45, 7) is 2.30. The third kappa shape index (κ3) is 2.92. The van der Waals surface area contributed by atoms with Crippen LogP contribution < -0.4 is 10.1 Å². The maximum absolute atomic E-state index is 12.6. The lowest BCUT2D eigenvalue weighted by Gasteiger charge is -2.15. The van der Waals surface area contributed by atoms with Crippen LogP contribution in [0.1, 0.15) is 40.9 Å². The van der Waals surface area contributed by atoms with Crippen molar-refractivity contribution in [1.82, 2.24) is 10.3 Å². The molecule has 1 N–H and O–H groups in total. The van der Waals surface area contributed by atoms with E-state index in [9.17, 15) is 4.79 Å². The molecule has 0 fully saturated rings. The lowest BCUT2D eigenvalue weighted by atomic mass is 10.1. The quantitative estimate of drug-likeness (QED) is 0.938. The Kier molecular flexibility index (Phi) is 4.29. The third-order valence-electron chi connectivity index (χ3n) is 3.78. The minimum atomic E-state index is -0.208. The summed E-state index contributed by atoms with van der Waals surface area (Å²) in [4.78, 5) is 16.7. The highest BCUT2D eigenvalue weighted by molar-refractivity contribution is 6.30. The van der Waals surface area contributed by atoms with Crippen LogP contribution in [-0.4, -0.2) is 17.5 Å². The molecule has 1 aromatic heterocycles. The van der Waals surface area contributed by atoms with Crippen molar-refractivity contribution in [2.24, 2.45) is 0 Å². The molecular weight excluding hydrogens is 300 g/mol. The molecule has 0 saturated carbocycles. The topological polar surface area (TPSA) is 51.2 Å². The molecule has 1 atom stereocenters. The van der Waals surface area contributed by atoms with Gasteiger partial charge in [-0.3, -0.25) is 4.79 Å². The third-order valence-corrected chi connectivity index (χ3v) is 3.99. The number of pyridine rings is 1. The molecule has 1 amide bonds. The largest absolute Gasteiger partial charge is 0.477 e. The Hall–Kier alpha value is -2.07. The highest BCUT2D eigenvalue weighted by atomic mass is 35.5. The number of nitrogens with zero attached hydrogens (tertiary/aromatic N) is 1. The molecule has 0 saturated heterocycles. The van der Waals surface area contributed by atoms with Gasteiger partial charge in [-0.15, -0.1) is 0 Å². The predicted molar refractivity (Wildman–Crippen MR) is 85.4 cm³/mol. The lowest BCUT2D eigenvalue weighted by molar-refractivity contribution is 0.0932. The number of carbonyl (C=O) groups excluding carboxylic acids is 1. The van der Waals surface area contributed by atoms with Gasteiger partial charge < -0.3 is 10.1 Å². The van der Waals surface area contributed by atoms with E-state index in [1.165, 1.54) is 17.3 Å². The van der Waals surface area contributed by atoms with Gasteiger partial charge in [-0.05, 0) is 37.0 Å². The molecule has 1 aliphatic carbocycles. The van der Waals surface area contributed by atoms with Crippen molar-refractivity contribution in [3.63, 3.8) is 0 Å². The number of fused-ring (bicyclic) bond motifs is 1. The van der Waals surface area contributed by atoms with Gasteiger partial charge in [0.2, 0.25) is 5.88 Å². The van der Waals surface area contributed by atoms with E-state index in [0.717, 1.165) is 12.8 Å². The number of hydrogen-bond donors (Lipinski definition) is 1. The van der Waals surface area contributed by atoms with E-state index >= 15 is 0 Å². The minimum Gasteiger partial charge on any atom is -0.477 e. The average Bonchev–Trinajstić information content (AvgIpc) is 2.92. The summed E-state index contributed by atoms with van der Waals surface area (Å²) in [5.41, 5.74) is 2.85. The summed E-state index contributed by atoms with van der Waals surface area (Å²) in [7, 11) is 0. The first kappa shape index (κ1) is 14.9. The summed E-state index contributed by atoms with van der Waals surface area (Å²) in [5.74, 6) is 0.107. The second kappa shape index (κ2) is 6.36. The Morgan fingerprint density at radius 3 is 3.09 bits per heavy atom. The molecule has 114 valence electrons. The van der Waals surface area contributed by atoms with Crippen molar-refractivity contribution >= 4 is 17.5 Å². The van der Waals surface area contributed by atoms with Crippen molar-refractivity contribution in [3.8, 4) is 5.88 Å². The first-order chi connectivity index (χ1) is 10.7. The summed E-state index contributed by atoms with van der Waals surface area (Å²) < 4.78 is 5.42. The number of rotatable bonds is 4. The molecular formula is C17H17ClN2O2. The first-order valence-corrected chi connectivity index (χ1v) is 7.74. The maximum atomic E-state index is 12.6. The van der Waals surface area contributed by atoms with Crippen LogP contribution in [0.15, 0.2) is 36.5 Å². The number of amides is 1. The van der Waals surface area contributed by atoms with Gasteiger partial charge in [0.15, 0.2) is 0 Å². The van der Waals surface area contributed by atoms with Gasteiger partial charge in [0.1, 0.15) is 5.56 Å². The molecule has 1 aliphatic rings. The molecule has 1 aromatic carbocycles. The number of aromatic nitrogens is 1. The summed E-state index contributed by atoms with van der Waals surface area (Å²) in [6.07, 6.45) is 3.37. The number of aryl methyl sites for hydroxylation is 1. The van der Waals surface area contributed by atoms with E-state index in [2.05, 4.69) is 22.4 Å². The molecule has 22 heavy (non-hydrogen) atoms. The van der Waals surface area contributed by atoms with E-state index < -0.39 is 0 Å². The molecule has 3 rings (SSSR count). The second-order valence-corrected chi connectivity index (χ2v) is 5.64. The number of benzene rings is 1. The molecule has 1 heterocycles. The van der Waals surface area contributed by atoms with E-state index in [0.29, 0.717) is 23.1 Å². The number of hydrogen-bond acceptors (Lipinski definition) is 3. The van der Waals surface area contributed by atoms with E-state index in [1.807, 2.05) is 19.1 Å². The van der Waals surface area contributed by atoms with Gasteiger partial charge in [-0.25, -0.2) is 4.98 Å². The Balaban J connectivity index is 1.82. The van der Waals surface area contributed by atoms with Gasteiger partial charge in [0, 0.05) is 6.20 Å². The fourth-order valence-corrected chi connectivity index (χ4v) is 2.94. The summed E-state index contributed by atoms with van der Waals surface area (Å²) in [6, 6.07) is 9.81. The summed E-state index contributed by atoms with van der Waals surface area (Å²) in [5, 5.41) is 3.48. The van der Waals surface area contributed by atoms with Crippen molar-refractivity contribution in [3.05, 3.63) is 58.2 Å². The van der Waals surface area contributed by atoms with Crippen molar-refractivity contribution in [1.29, 1.82) is 0 Å². The van der Waals surface area contributed by atoms with Gasteiger partial charge in [-0.1, -0.05) is 35.9 Å². The fraction of sp³-hybridized carbons (Fsp3) is 0.294. The number of ether oxygens (including phenoxy) is 1. The van der Waals surface area contributed by atoms with Crippen LogP contribution in [-0.2, 0) is 6.42 Å². The van der Waals surface area contributed by atoms with Crippen molar-refractivity contribution < 1.29 is 9.53 Å². The van der Waals surface area contributed by atoms with Crippen LogP contribution in [0.5, 0.6) is 5.88 Å². The second-order valence-electron chi connectivity index (χ2n) is 5.20. The minimum absolute atomic E-state index is 0.0251. The smallest absolute Gasteiger partial charge is 0.257 e. The SMILES string of the molecule is CCOc1ncc(Cl)cc1C(=O)NC1CCc2ccccc21. The highest BCUT2D eigenvalue weighted by Gasteiger charge is 2.25. The van der Waals surface area contributed by atoms with Gasteiger partial charge in [0.25, 0.3) is 5.91 Å². The lowest BCUT2D eigenvalue weighted by Crippen LogP contribution is -2.27. The normalized spacial score (nSPS) is 16.2. The van der Waals surface area contributed by atoms with E-state index in [4.69, 9.17) is 16.3 Å². The number of nitrogens with one attached hydrogen (secondary N) is 1. The molecule has 1 unspecified atom stereocenters. The van der Waals surface area contributed by atoms with Crippen LogP contribution in [0.2, 0.25) is 5.02 Å². The van der Waals surface area contributed by atoms with Crippen LogP contribution in [0.25, 0.3) is 0 Å². The van der Waals surface area contributed by atoms with Crippen LogP contribution in [0.3, 0.4) is 0 Å². The van der Waals surface area contributed by atoms with E-state index in [-0.39, 0.29) is 11.9 Å². The molecule has 5 heteroatoms. The molecule has 0 aliphatic heterocycles. The fourth-order valence-electron chi connectivity index (χ4n) is 2.78. The first-order valence-electron chi connectivity index (χ1n) is 7.36. The molecule has 0 bridgehead atoms. The van der Waals surface area contributed by atoms with Crippen molar-refractivity contribution in [2.45, 2.75) is 25.8 Å². The Bertz CT molecular complexity index is 703. The van der Waals surface area contributed by atoms with E-state index in [1.54, 1.807) is 6.07 Å². The Morgan fingerprint density at radius 2 is 2.27 bits per heavy atom. The monoisotopic (exact) mass is 316 g/mol. The number of halogens is 1. The molecule has 0 spiro atoms. The van der Waals surface area contributed by atoms with Gasteiger partial charge >= 0.3 is 0 Å². The Morgan fingerprint density at radius 1 is 1.45 bits per heavy atom. The molecule has 0 radical (unpaired) electrons. The standard InChI is InChI=1S/C17H17ClN2O2/c1-2-22-17-14(9-12(18)10-19-17)16(21)20-15-8-7-11-5-3-4-6-13(11)15/h3-6,9-10,15H,2,7-8H2,1H3,(H,20,21). The molecule has 4 nitrogen and oxygen atoms in total. The van der Waals surface area contributed by atoms with Gasteiger partial charge in [-0.2, -0.15) is 0 Å². The summed E-state index contributed by atoms with van der Waals surface area (Å²) >= 11 is 5.96. The zero-order valence-corrected chi connectivity index (χ0v) is 13.1. The Labute approximate surface area is 134 Å². The number of carbonyl (C=O) groups is 1. The van der Waals surface area contributed by atoms with Gasteiger partial charge in [0.05, 0.1) is 17.7 Å². The van der Waals surface area contributed by atoms with Crippen LogP contribution >= 0.6 is 11.6 Å². The predicted octanol–water partition coefficient (Wildman–Crippen LogP) is 3.55. The average molecular weight is 317 g/mol. The maximum Gasteiger partial charge on any atom is 0.257 e.